The molecule has 1 heteroatoms. The number of rotatable bonds is 9. The van der Waals surface area contributed by atoms with Gasteiger partial charge < -0.3 is 0 Å². The lowest BCUT2D eigenvalue weighted by atomic mass is 9.88. The molecule has 0 spiro atoms. The van der Waals surface area contributed by atoms with Crippen LogP contribution in [0.4, 0.5) is 0 Å². The average molecular weight is 246 g/mol. The normalized spacial score (nSPS) is 12.3. The molecule has 100 valence electrons. The minimum absolute atomic E-state index is 0.235. The third kappa shape index (κ3) is 5.48. The van der Waals surface area contributed by atoms with Crippen LogP contribution in [0.3, 0.4) is 0 Å². The fourth-order valence-corrected chi connectivity index (χ4v) is 2.28. The van der Waals surface area contributed by atoms with E-state index in [2.05, 4.69) is 38.1 Å². The Labute approximate surface area is 112 Å². The van der Waals surface area contributed by atoms with Gasteiger partial charge in [-0.3, -0.25) is 4.79 Å². The molecule has 0 aliphatic carbocycles. The van der Waals surface area contributed by atoms with Crippen molar-refractivity contribution >= 4 is 5.78 Å². The molecule has 0 aliphatic rings. The molecule has 1 atom stereocenters. The molecule has 1 nitrogen and oxygen atoms in total. The average Bonchev–Trinajstić information content (AvgIpc) is 2.42. The van der Waals surface area contributed by atoms with E-state index in [0.717, 1.165) is 38.5 Å². The van der Waals surface area contributed by atoms with Crippen molar-refractivity contribution in [1.82, 2.24) is 0 Å². The number of unbranched alkanes of at least 4 members (excludes halogenated alkanes) is 2. The van der Waals surface area contributed by atoms with Crippen LogP contribution >= 0.6 is 0 Å². The molecule has 0 aliphatic heterocycles. The minimum Gasteiger partial charge on any atom is -0.299 e. The summed E-state index contributed by atoms with van der Waals surface area (Å²) in [6.07, 6.45) is 7.21. The SMILES string of the molecule is CCCCC(=O)C(CCCC)Cc1ccccc1. The summed E-state index contributed by atoms with van der Waals surface area (Å²) in [6, 6.07) is 10.4. The molecule has 0 aromatic heterocycles. The van der Waals surface area contributed by atoms with Crippen molar-refractivity contribution < 1.29 is 4.79 Å². The summed E-state index contributed by atoms with van der Waals surface area (Å²) in [4.78, 5) is 12.2. The standard InChI is InChI=1S/C17H26O/c1-3-5-12-16(17(18)13-6-4-2)14-15-10-8-7-9-11-15/h7-11,16H,3-6,12-14H2,1-2H3. The molecule has 0 saturated heterocycles. The number of hydrogen-bond acceptors (Lipinski definition) is 1. The highest BCUT2D eigenvalue weighted by Crippen LogP contribution is 2.19. The zero-order valence-corrected chi connectivity index (χ0v) is 11.8. The van der Waals surface area contributed by atoms with Crippen LogP contribution in [0.5, 0.6) is 0 Å². The highest BCUT2D eigenvalue weighted by molar-refractivity contribution is 5.81. The third-order valence-electron chi connectivity index (χ3n) is 3.46. The van der Waals surface area contributed by atoms with Gasteiger partial charge in [-0.15, -0.1) is 0 Å². The van der Waals surface area contributed by atoms with Gasteiger partial charge in [0.1, 0.15) is 5.78 Å². The summed E-state index contributed by atoms with van der Waals surface area (Å²) < 4.78 is 0. The van der Waals surface area contributed by atoms with Crippen LogP contribution < -0.4 is 0 Å². The first-order chi connectivity index (χ1) is 8.77. The first-order valence-corrected chi connectivity index (χ1v) is 7.34. The van der Waals surface area contributed by atoms with E-state index in [1.165, 1.54) is 12.0 Å². The predicted octanol–water partition coefficient (Wildman–Crippen LogP) is 4.79. The largest absolute Gasteiger partial charge is 0.299 e. The Bertz CT molecular complexity index is 329. The molecule has 0 bridgehead atoms. The lowest BCUT2D eigenvalue weighted by Crippen LogP contribution is -2.17. The van der Waals surface area contributed by atoms with Crippen LogP contribution in [-0.4, -0.2) is 5.78 Å². The van der Waals surface area contributed by atoms with Gasteiger partial charge in [-0.25, -0.2) is 0 Å². The highest BCUT2D eigenvalue weighted by Gasteiger charge is 2.17. The second kappa shape index (κ2) is 8.91. The summed E-state index contributed by atoms with van der Waals surface area (Å²) in [7, 11) is 0. The van der Waals surface area contributed by atoms with Crippen molar-refractivity contribution in [3.05, 3.63) is 35.9 Å². The van der Waals surface area contributed by atoms with E-state index in [4.69, 9.17) is 0 Å². The molecule has 1 rings (SSSR count). The number of carbonyl (C=O) groups is 1. The molecular weight excluding hydrogens is 220 g/mol. The first kappa shape index (κ1) is 14.9. The van der Waals surface area contributed by atoms with E-state index < -0.39 is 0 Å². The van der Waals surface area contributed by atoms with E-state index in [1.54, 1.807) is 0 Å². The monoisotopic (exact) mass is 246 g/mol. The molecule has 0 amide bonds. The van der Waals surface area contributed by atoms with E-state index >= 15 is 0 Å². The van der Waals surface area contributed by atoms with Crippen molar-refractivity contribution in [2.45, 2.75) is 58.8 Å². The minimum atomic E-state index is 0.235. The number of carbonyl (C=O) groups excluding carboxylic acids is 1. The number of benzene rings is 1. The maximum Gasteiger partial charge on any atom is 0.136 e. The van der Waals surface area contributed by atoms with E-state index in [-0.39, 0.29) is 5.92 Å². The van der Waals surface area contributed by atoms with Crippen molar-refractivity contribution in [2.24, 2.45) is 5.92 Å². The predicted molar refractivity (Wildman–Crippen MR) is 77.7 cm³/mol. The molecule has 18 heavy (non-hydrogen) atoms. The Hall–Kier alpha value is -1.11. The van der Waals surface area contributed by atoms with Gasteiger partial charge in [-0.1, -0.05) is 63.4 Å². The summed E-state index contributed by atoms with van der Waals surface area (Å²) in [5.74, 6) is 0.702. The van der Waals surface area contributed by atoms with E-state index in [9.17, 15) is 4.79 Å². The molecule has 1 aromatic rings. The highest BCUT2D eigenvalue weighted by atomic mass is 16.1. The Balaban J connectivity index is 2.57. The number of ketones is 1. The van der Waals surface area contributed by atoms with Crippen LogP contribution in [0.2, 0.25) is 0 Å². The third-order valence-corrected chi connectivity index (χ3v) is 3.46. The van der Waals surface area contributed by atoms with Crippen molar-refractivity contribution in [3.8, 4) is 0 Å². The Morgan fingerprint density at radius 1 is 1.06 bits per heavy atom. The topological polar surface area (TPSA) is 17.1 Å². The molecule has 1 unspecified atom stereocenters. The Morgan fingerprint density at radius 2 is 1.72 bits per heavy atom. The van der Waals surface area contributed by atoms with Crippen LogP contribution in [-0.2, 0) is 11.2 Å². The molecule has 1 aromatic carbocycles. The zero-order chi connectivity index (χ0) is 13.2. The van der Waals surface area contributed by atoms with E-state index in [1.807, 2.05) is 6.07 Å². The molecular formula is C17H26O. The van der Waals surface area contributed by atoms with Crippen molar-refractivity contribution in [2.75, 3.05) is 0 Å². The van der Waals surface area contributed by atoms with Gasteiger partial charge in [-0.2, -0.15) is 0 Å². The van der Waals surface area contributed by atoms with Crippen LogP contribution in [0.15, 0.2) is 30.3 Å². The summed E-state index contributed by atoms with van der Waals surface area (Å²) in [6.45, 7) is 4.33. The van der Waals surface area contributed by atoms with Crippen molar-refractivity contribution in [1.29, 1.82) is 0 Å². The maximum absolute atomic E-state index is 12.2. The molecule has 0 N–H and O–H groups in total. The van der Waals surface area contributed by atoms with Crippen LogP contribution in [0, 0.1) is 5.92 Å². The smallest absolute Gasteiger partial charge is 0.136 e. The first-order valence-electron chi connectivity index (χ1n) is 7.34. The quantitative estimate of drug-likeness (QED) is 0.612. The molecule has 0 heterocycles. The maximum atomic E-state index is 12.2. The lowest BCUT2D eigenvalue weighted by Gasteiger charge is -2.15. The van der Waals surface area contributed by atoms with Gasteiger partial charge in [0.15, 0.2) is 0 Å². The second-order valence-corrected chi connectivity index (χ2v) is 5.10. The van der Waals surface area contributed by atoms with Gasteiger partial charge in [0, 0.05) is 12.3 Å². The van der Waals surface area contributed by atoms with Crippen LogP contribution in [0.1, 0.15) is 57.9 Å². The molecule has 0 radical (unpaired) electrons. The fraction of sp³-hybridized carbons (Fsp3) is 0.588. The summed E-state index contributed by atoms with van der Waals surface area (Å²) >= 11 is 0. The molecule has 0 saturated carbocycles. The number of hydrogen-bond donors (Lipinski definition) is 0. The van der Waals surface area contributed by atoms with E-state index in [0.29, 0.717) is 5.78 Å². The Kier molecular flexibility index (Phi) is 7.40. The second-order valence-electron chi connectivity index (χ2n) is 5.10. The van der Waals surface area contributed by atoms with Gasteiger partial charge in [-0.05, 0) is 24.8 Å². The summed E-state index contributed by atoms with van der Waals surface area (Å²) in [5.41, 5.74) is 1.29. The van der Waals surface area contributed by atoms with Crippen LogP contribution in [0.25, 0.3) is 0 Å². The van der Waals surface area contributed by atoms with Crippen molar-refractivity contribution in [3.63, 3.8) is 0 Å². The lowest BCUT2D eigenvalue weighted by molar-refractivity contribution is -0.123. The molecule has 0 fully saturated rings. The number of Topliss-reactive ketones (excluding diaryl/α,β-unsaturated/α-hetero) is 1. The van der Waals surface area contributed by atoms with Gasteiger partial charge in [0.2, 0.25) is 0 Å². The van der Waals surface area contributed by atoms with Gasteiger partial charge in [0.25, 0.3) is 0 Å². The zero-order valence-electron chi connectivity index (χ0n) is 11.8. The van der Waals surface area contributed by atoms with Gasteiger partial charge in [0.05, 0.1) is 0 Å². The fourth-order valence-electron chi connectivity index (χ4n) is 2.28. The summed E-state index contributed by atoms with van der Waals surface area (Å²) in [5, 5.41) is 0. The van der Waals surface area contributed by atoms with Gasteiger partial charge >= 0.3 is 0 Å². The Morgan fingerprint density at radius 3 is 2.33 bits per heavy atom.